The molecule has 2 rings (SSSR count). The lowest BCUT2D eigenvalue weighted by Gasteiger charge is -2.22. The molecule has 2 aromatic rings. The molecule has 1 aromatic carbocycles. The minimum Gasteiger partial charge on any atom is -0.386 e. The molecule has 0 aliphatic rings. The molecule has 0 fully saturated rings. The van der Waals surface area contributed by atoms with E-state index < -0.39 is 37.2 Å². The van der Waals surface area contributed by atoms with Crippen molar-refractivity contribution in [2.24, 2.45) is 10.9 Å². The van der Waals surface area contributed by atoms with Gasteiger partial charge in [0, 0.05) is 11.8 Å². The number of hydrogen-bond acceptors (Lipinski definition) is 6. The lowest BCUT2D eigenvalue weighted by atomic mass is 9.99. The first-order valence-corrected chi connectivity index (χ1v) is 8.82. The van der Waals surface area contributed by atoms with E-state index in [0.717, 1.165) is 11.1 Å². The SMILES string of the molecule is NCCC(N=O)c1ccc(-c2ccc([C@@H](O)[C@@H](CF)NC(=O)C(F)F)cc2)cn1. The van der Waals surface area contributed by atoms with Crippen molar-refractivity contribution in [1.82, 2.24) is 10.3 Å². The topological polar surface area (TPSA) is 118 Å². The summed E-state index contributed by atoms with van der Waals surface area (Å²) in [6.07, 6.45) is -2.84. The van der Waals surface area contributed by atoms with Crippen LogP contribution in [0.2, 0.25) is 0 Å². The maximum atomic E-state index is 13.1. The average molecular weight is 410 g/mol. The number of pyridine rings is 1. The monoisotopic (exact) mass is 410 g/mol. The number of amides is 1. The summed E-state index contributed by atoms with van der Waals surface area (Å²) in [4.78, 5) is 26.1. The number of hydrogen-bond donors (Lipinski definition) is 3. The third-order valence-electron chi connectivity index (χ3n) is 4.35. The molecule has 4 N–H and O–H groups in total. The molecular weight excluding hydrogens is 389 g/mol. The van der Waals surface area contributed by atoms with Gasteiger partial charge in [0.15, 0.2) is 0 Å². The van der Waals surface area contributed by atoms with Gasteiger partial charge >= 0.3 is 6.43 Å². The first-order valence-electron chi connectivity index (χ1n) is 8.82. The number of aromatic nitrogens is 1. The number of benzene rings is 1. The van der Waals surface area contributed by atoms with E-state index in [4.69, 9.17) is 5.73 Å². The first kappa shape index (κ1) is 22.4. The fraction of sp³-hybridized carbons (Fsp3) is 0.368. The van der Waals surface area contributed by atoms with E-state index in [1.165, 1.54) is 12.1 Å². The summed E-state index contributed by atoms with van der Waals surface area (Å²) in [5.74, 6) is -1.65. The van der Waals surface area contributed by atoms with Crippen LogP contribution in [-0.2, 0) is 4.79 Å². The van der Waals surface area contributed by atoms with Crippen molar-refractivity contribution in [2.75, 3.05) is 13.2 Å². The van der Waals surface area contributed by atoms with Crippen molar-refractivity contribution in [3.63, 3.8) is 0 Å². The Hall–Kier alpha value is -2.85. The van der Waals surface area contributed by atoms with E-state index >= 15 is 0 Å². The Morgan fingerprint density at radius 1 is 1.17 bits per heavy atom. The largest absolute Gasteiger partial charge is 0.386 e. The molecule has 0 saturated heterocycles. The highest BCUT2D eigenvalue weighted by atomic mass is 19.3. The minimum absolute atomic E-state index is 0.253. The second kappa shape index (κ2) is 10.6. The molecule has 1 unspecified atom stereocenters. The van der Waals surface area contributed by atoms with Crippen molar-refractivity contribution in [3.05, 3.63) is 58.8 Å². The minimum atomic E-state index is -3.30. The standard InChI is InChI=1S/C19H21F3N4O3/c20-9-16(25-19(28)18(21)22)17(27)12-3-1-11(2-4-12)13-5-6-14(24-10-13)15(26-29)7-8-23/h1-6,10,15-18,27H,7-9,23H2,(H,25,28)/t15?,16-,17-/m1/s1. The van der Waals surface area contributed by atoms with Crippen molar-refractivity contribution in [1.29, 1.82) is 0 Å². The fourth-order valence-corrected chi connectivity index (χ4v) is 2.74. The number of nitrogens with one attached hydrogen (secondary N) is 1. The number of nitrogens with two attached hydrogens (primary N) is 1. The number of carbonyl (C=O) groups excluding carboxylic acids is 1. The van der Waals surface area contributed by atoms with E-state index in [-0.39, 0.29) is 5.56 Å². The second-order valence-electron chi connectivity index (χ2n) is 6.31. The van der Waals surface area contributed by atoms with E-state index in [1.54, 1.807) is 35.8 Å². The number of carbonyl (C=O) groups is 1. The molecular formula is C19H21F3N4O3. The molecule has 0 aliphatic heterocycles. The van der Waals surface area contributed by atoms with Gasteiger partial charge in [0.1, 0.15) is 18.8 Å². The molecule has 10 heteroatoms. The van der Waals surface area contributed by atoms with Gasteiger partial charge < -0.3 is 16.2 Å². The van der Waals surface area contributed by atoms with Crippen LogP contribution in [0.1, 0.15) is 29.8 Å². The Morgan fingerprint density at radius 2 is 1.83 bits per heavy atom. The first-order chi connectivity index (χ1) is 13.9. The predicted molar refractivity (Wildman–Crippen MR) is 101 cm³/mol. The van der Waals surface area contributed by atoms with Gasteiger partial charge in [-0.15, -0.1) is 0 Å². The highest BCUT2D eigenvalue weighted by Crippen LogP contribution is 2.25. The van der Waals surface area contributed by atoms with Crippen LogP contribution in [0.4, 0.5) is 13.2 Å². The van der Waals surface area contributed by atoms with Crippen molar-refractivity contribution >= 4 is 5.91 Å². The third-order valence-corrected chi connectivity index (χ3v) is 4.35. The molecule has 156 valence electrons. The van der Waals surface area contributed by atoms with Crippen LogP contribution in [0.3, 0.4) is 0 Å². The summed E-state index contributed by atoms with van der Waals surface area (Å²) in [5, 5.41) is 15.0. The Bertz CT molecular complexity index is 803. The number of aliphatic hydroxyl groups is 1. The molecule has 0 bridgehead atoms. The zero-order valence-electron chi connectivity index (χ0n) is 15.3. The van der Waals surface area contributed by atoms with Crippen LogP contribution in [0.5, 0.6) is 0 Å². The van der Waals surface area contributed by atoms with E-state index in [0.29, 0.717) is 18.7 Å². The highest BCUT2D eigenvalue weighted by molar-refractivity contribution is 5.79. The molecule has 0 spiro atoms. The lowest BCUT2D eigenvalue weighted by Crippen LogP contribution is -2.43. The van der Waals surface area contributed by atoms with Gasteiger partial charge in [0.25, 0.3) is 5.91 Å². The Balaban J connectivity index is 2.12. The molecule has 7 nitrogen and oxygen atoms in total. The summed E-state index contributed by atoms with van der Waals surface area (Å²) in [6, 6.07) is 7.56. The Kier molecular flexibility index (Phi) is 8.22. The quantitative estimate of drug-likeness (QED) is 0.521. The Morgan fingerprint density at radius 3 is 2.31 bits per heavy atom. The predicted octanol–water partition coefficient (Wildman–Crippen LogP) is 2.66. The molecule has 0 saturated carbocycles. The Labute approximate surface area is 165 Å². The van der Waals surface area contributed by atoms with Crippen LogP contribution < -0.4 is 11.1 Å². The number of rotatable bonds is 10. The van der Waals surface area contributed by atoms with E-state index in [9.17, 15) is 28.0 Å². The molecule has 0 radical (unpaired) electrons. The summed E-state index contributed by atoms with van der Waals surface area (Å²) >= 11 is 0. The average Bonchev–Trinajstić information content (AvgIpc) is 2.75. The lowest BCUT2D eigenvalue weighted by molar-refractivity contribution is -0.133. The van der Waals surface area contributed by atoms with Crippen LogP contribution in [-0.4, -0.2) is 41.7 Å². The molecule has 3 atom stereocenters. The van der Waals surface area contributed by atoms with Crippen LogP contribution in [0, 0.1) is 4.91 Å². The van der Waals surface area contributed by atoms with Gasteiger partial charge in [-0.2, -0.15) is 13.7 Å². The van der Waals surface area contributed by atoms with E-state index in [2.05, 4.69) is 10.2 Å². The van der Waals surface area contributed by atoms with Gasteiger partial charge in [-0.1, -0.05) is 35.5 Å². The normalized spacial score (nSPS) is 14.3. The molecule has 0 aliphatic carbocycles. The van der Waals surface area contributed by atoms with E-state index in [1.807, 2.05) is 0 Å². The zero-order chi connectivity index (χ0) is 21.4. The molecule has 1 amide bonds. The van der Waals surface area contributed by atoms with Crippen molar-refractivity contribution < 1.29 is 23.1 Å². The summed E-state index contributed by atoms with van der Waals surface area (Å²) in [7, 11) is 0. The van der Waals surface area contributed by atoms with Gasteiger partial charge in [0.2, 0.25) is 0 Å². The summed E-state index contributed by atoms with van der Waals surface area (Å²) in [6.45, 7) is -0.900. The van der Waals surface area contributed by atoms with Gasteiger partial charge in [-0.25, -0.2) is 4.39 Å². The highest BCUT2D eigenvalue weighted by Gasteiger charge is 2.26. The van der Waals surface area contributed by atoms with Crippen molar-refractivity contribution in [2.45, 2.75) is 31.0 Å². The molecule has 29 heavy (non-hydrogen) atoms. The zero-order valence-corrected chi connectivity index (χ0v) is 15.3. The van der Waals surface area contributed by atoms with Crippen LogP contribution >= 0.6 is 0 Å². The third kappa shape index (κ3) is 5.81. The number of halogens is 3. The second-order valence-corrected chi connectivity index (χ2v) is 6.31. The van der Waals surface area contributed by atoms with Gasteiger partial charge in [-0.3, -0.25) is 9.78 Å². The number of nitroso groups, excluding NO2 is 1. The summed E-state index contributed by atoms with van der Waals surface area (Å²) in [5.41, 5.74) is 7.65. The number of nitrogens with zero attached hydrogens (tertiary/aromatic N) is 2. The van der Waals surface area contributed by atoms with Crippen LogP contribution in [0.15, 0.2) is 47.8 Å². The van der Waals surface area contributed by atoms with Crippen molar-refractivity contribution in [3.8, 4) is 11.1 Å². The van der Waals surface area contributed by atoms with Gasteiger partial charge in [-0.05, 0) is 30.2 Å². The maximum Gasteiger partial charge on any atom is 0.315 e. The summed E-state index contributed by atoms with van der Waals surface area (Å²) < 4.78 is 37.7. The molecule has 1 heterocycles. The van der Waals surface area contributed by atoms with Gasteiger partial charge in [0.05, 0.1) is 11.7 Å². The maximum absolute atomic E-state index is 13.1. The number of aliphatic hydroxyl groups excluding tert-OH is 1. The number of alkyl halides is 3. The smallest absolute Gasteiger partial charge is 0.315 e. The fourth-order valence-electron chi connectivity index (χ4n) is 2.74. The van der Waals surface area contributed by atoms with Crippen LogP contribution in [0.25, 0.3) is 11.1 Å². The molecule has 1 aromatic heterocycles.